The maximum absolute atomic E-state index is 12.5. The molecular weight excluding hydrogens is 1030 g/mol. The molecule has 78 heavy (non-hydrogen) atoms. The maximum atomic E-state index is 12.5. The van der Waals surface area contributed by atoms with Crippen LogP contribution in [0.15, 0.2) is 0 Å². The molecule has 9 rings (SSSR count). The highest BCUT2D eigenvalue weighted by Gasteiger charge is 2.76. The molecule has 4 saturated carbocycles. The van der Waals surface area contributed by atoms with Gasteiger partial charge in [-0.25, -0.2) is 0 Å². The predicted molar refractivity (Wildman–Crippen MR) is 270 cm³/mol. The Hall–Kier alpha value is -0.920. The van der Waals surface area contributed by atoms with Crippen LogP contribution in [0, 0.1) is 28.6 Å². The Morgan fingerprint density at radius 3 is 1.55 bits per heavy atom. The van der Waals surface area contributed by atoms with E-state index in [-0.39, 0.29) is 42.3 Å². The standard InChI is InChI=1S/C55H94O23/c1-24-45(33(65-8)20-38(69-24)73-30-14-15-52(6)29(18-30)12-13-31-32(52)19-37(58)53(7)54(63,28(5)57)16-17-55(31,53)64)75-39-21-34(66-9)46(25(2)70-39)76-40-22-35(67-10)47(26(3)71-40)77-51-44(62)49(68-11)48(27(4)72-51)78-50-43(61)42(60)41(59)36(23-56)74-50/h24-51,56-64H,12-23H2,1-11H3. The van der Waals surface area contributed by atoms with Gasteiger partial charge in [0.25, 0.3) is 0 Å². The van der Waals surface area contributed by atoms with Crippen LogP contribution in [-0.2, 0) is 66.3 Å². The van der Waals surface area contributed by atoms with E-state index >= 15 is 0 Å². The van der Waals surface area contributed by atoms with E-state index in [2.05, 4.69) is 6.92 Å². The van der Waals surface area contributed by atoms with Crippen LogP contribution in [0.5, 0.6) is 0 Å². The zero-order chi connectivity index (χ0) is 56.6. The molecule has 23 heteroatoms. The summed E-state index contributed by atoms with van der Waals surface area (Å²) in [6.07, 6.45) is -15.6. The van der Waals surface area contributed by atoms with Crippen molar-refractivity contribution in [3.63, 3.8) is 0 Å². The summed E-state index contributed by atoms with van der Waals surface area (Å²) >= 11 is 0. The van der Waals surface area contributed by atoms with Gasteiger partial charge >= 0.3 is 0 Å². The largest absolute Gasteiger partial charge is 0.394 e. The summed E-state index contributed by atoms with van der Waals surface area (Å²) in [5, 5.41) is 99.1. The second-order valence-electron chi connectivity index (χ2n) is 24.8. The summed E-state index contributed by atoms with van der Waals surface area (Å²) in [4.78, 5) is 0. The van der Waals surface area contributed by atoms with E-state index in [1.165, 1.54) is 7.11 Å². The first kappa shape index (κ1) is 61.6. The Labute approximate surface area is 458 Å². The van der Waals surface area contributed by atoms with Gasteiger partial charge in [0, 0.05) is 47.7 Å². The molecule has 0 bridgehead atoms. The first-order valence-corrected chi connectivity index (χ1v) is 28.7. The molecular formula is C55H94O23. The molecule has 32 atom stereocenters. The van der Waals surface area contributed by atoms with Crippen molar-refractivity contribution in [2.24, 2.45) is 28.6 Å². The van der Waals surface area contributed by atoms with Crippen LogP contribution in [0.4, 0.5) is 0 Å². The summed E-state index contributed by atoms with van der Waals surface area (Å²) in [6, 6.07) is 0. The van der Waals surface area contributed by atoms with E-state index in [4.69, 9.17) is 66.3 Å². The molecule has 5 heterocycles. The molecule has 23 nitrogen and oxygen atoms in total. The van der Waals surface area contributed by atoms with Crippen molar-refractivity contribution in [3.8, 4) is 0 Å². The summed E-state index contributed by atoms with van der Waals surface area (Å²) in [6.45, 7) is 12.3. The summed E-state index contributed by atoms with van der Waals surface area (Å²) < 4.78 is 87.2. The van der Waals surface area contributed by atoms with Gasteiger partial charge in [0.15, 0.2) is 31.5 Å². The Kier molecular flexibility index (Phi) is 19.1. The van der Waals surface area contributed by atoms with Gasteiger partial charge < -0.3 is 112 Å². The van der Waals surface area contributed by atoms with Crippen molar-refractivity contribution < 1.29 is 112 Å². The highest BCUT2D eigenvalue weighted by Crippen LogP contribution is 2.70. The third kappa shape index (κ3) is 10.8. The Morgan fingerprint density at radius 2 is 1.03 bits per heavy atom. The van der Waals surface area contributed by atoms with Crippen LogP contribution >= 0.6 is 0 Å². The molecule has 0 aromatic heterocycles. The molecule has 0 spiro atoms. The zero-order valence-corrected chi connectivity index (χ0v) is 47.4. The van der Waals surface area contributed by atoms with Crippen molar-refractivity contribution >= 4 is 0 Å². The highest BCUT2D eigenvalue weighted by molar-refractivity contribution is 5.25. The quantitative estimate of drug-likeness (QED) is 0.0952. The second-order valence-corrected chi connectivity index (χ2v) is 24.8. The lowest BCUT2D eigenvalue weighted by molar-refractivity contribution is -0.374. The molecule has 0 aromatic carbocycles. The van der Waals surface area contributed by atoms with Crippen LogP contribution in [0.25, 0.3) is 0 Å². The average molecular weight is 1120 g/mol. The number of aliphatic hydroxyl groups is 9. The fraction of sp³-hybridized carbons (Fsp3) is 1.00. The topological polar surface area (TPSA) is 311 Å². The second kappa shape index (κ2) is 24.2. The third-order valence-corrected chi connectivity index (χ3v) is 21.0. The van der Waals surface area contributed by atoms with E-state index < -0.39 is 165 Å². The van der Waals surface area contributed by atoms with Gasteiger partial charge in [0.2, 0.25) is 0 Å². The van der Waals surface area contributed by atoms with Crippen molar-refractivity contribution in [2.75, 3.05) is 35.0 Å². The van der Waals surface area contributed by atoms with Gasteiger partial charge in [-0.3, -0.25) is 0 Å². The van der Waals surface area contributed by atoms with Crippen molar-refractivity contribution in [2.45, 2.75) is 284 Å². The number of hydrogen-bond acceptors (Lipinski definition) is 23. The van der Waals surface area contributed by atoms with Crippen LogP contribution < -0.4 is 0 Å². The zero-order valence-electron chi connectivity index (χ0n) is 47.4. The third-order valence-electron chi connectivity index (χ3n) is 21.0. The van der Waals surface area contributed by atoms with Crippen molar-refractivity contribution in [3.05, 3.63) is 0 Å². The molecule has 0 radical (unpaired) electrons. The maximum Gasteiger partial charge on any atom is 0.187 e. The van der Waals surface area contributed by atoms with E-state index in [0.29, 0.717) is 31.6 Å². The number of methoxy groups -OCH3 is 4. The lowest BCUT2D eigenvalue weighted by atomic mass is 9.42. The summed E-state index contributed by atoms with van der Waals surface area (Å²) in [7, 11) is 6.19. The average Bonchev–Trinajstić information content (AvgIpc) is 2.86. The molecule has 0 amide bonds. The number of fused-ring (bicyclic) bond motifs is 5. The van der Waals surface area contributed by atoms with Crippen molar-refractivity contribution in [1.29, 1.82) is 0 Å². The van der Waals surface area contributed by atoms with Gasteiger partial charge in [-0.05, 0) is 109 Å². The minimum atomic E-state index is -1.67. The van der Waals surface area contributed by atoms with E-state index in [9.17, 15) is 46.0 Å². The number of hydrogen-bond donors (Lipinski definition) is 9. The summed E-state index contributed by atoms with van der Waals surface area (Å²) in [5.74, 6) is 0.305. The smallest absolute Gasteiger partial charge is 0.187 e. The fourth-order valence-electron chi connectivity index (χ4n) is 16.2. The molecule has 32 unspecified atom stereocenters. The van der Waals surface area contributed by atoms with E-state index in [0.717, 1.165) is 32.1 Å². The van der Waals surface area contributed by atoms with Gasteiger partial charge in [-0.2, -0.15) is 0 Å². The van der Waals surface area contributed by atoms with E-state index in [1.807, 2.05) is 13.8 Å². The first-order chi connectivity index (χ1) is 36.9. The molecule has 4 aliphatic carbocycles. The molecule has 5 aliphatic heterocycles. The highest BCUT2D eigenvalue weighted by atomic mass is 16.8. The number of ether oxygens (including phenoxy) is 14. The lowest BCUT2D eigenvalue weighted by Crippen LogP contribution is -2.72. The minimum absolute atomic E-state index is 0.0470. The first-order valence-electron chi connectivity index (χ1n) is 28.7. The SMILES string of the molecule is COC1CC(OC2CCC3(C)C(CCC4C3CC(O)C3(C)C(O)(C(C)O)CCC43O)C2)OC(C)C1OC1CC(OC)C(OC2CC(OC)C(OC3OC(C)C(OC4OC(CO)C(O)C(O)C4O)C(OC)C3O)C(C)O2)C(C)O1. The normalized spacial score (nSPS) is 55.2. The van der Waals surface area contributed by atoms with Crippen LogP contribution in [0.3, 0.4) is 0 Å². The number of rotatable bonds is 16. The minimum Gasteiger partial charge on any atom is -0.394 e. The molecule has 9 fully saturated rings. The number of aliphatic hydroxyl groups excluding tert-OH is 7. The summed E-state index contributed by atoms with van der Waals surface area (Å²) in [5.41, 5.74) is -4.20. The van der Waals surface area contributed by atoms with Gasteiger partial charge in [0.1, 0.15) is 66.6 Å². The van der Waals surface area contributed by atoms with Crippen LogP contribution in [0.2, 0.25) is 0 Å². The predicted octanol–water partition coefficient (Wildman–Crippen LogP) is 0.523. The van der Waals surface area contributed by atoms with Crippen LogP contribution in [0.1, 0.15) is 119 Å². The Bertz CT molecular complexity index is 1960. The monoisotopic (exact) mass is 1120 g/mol. The molecule has 9 aliphatic rings. The molecule has 0 aromatic rings. The molecule has 452 valence electrons. The van der Waals surface area contributed by atoms with E-state index in [1.54, 1.807) is 49.0 Å². The van der Waals surface area contributed by atoms with Gasteiger partial charge in [-0.1, -0.05) is 13.8 Å². The lowest BCUT2D eigenvalue weighted by Gasteiger charge is -2.66. The molecule has 5 saturated heterocycles. The fourth-order valence-corrected chi connectivity index (χ4v) is 16.2. The molecule has 9 N–H and O–H groups in total. The Morgan fingerprint density at radius 1 is 0.513 bits per heavy atom. The van der Waals surface area contributed by atoms with Crippen LogP contribution in [-0.4, -0.2) is 246 Å². The van der Waals surface area contributed by atoms with Gasteiger partial charge in [0.05, 0.1) is 78.7 Å². The Balaban J connectivity index is 0.752. The van der Waals surface area contributed by atoms with Gasteiger partial charge in [-0.15, -0.1) is 0 Å². The van der Waals surface area contributed by atoms with Crippen molar-refractivity contribution in [1.82, 2.24) is 0 Å².